The first-order valence-electron chi connectivity index (χ1n) is 6.31. The number of para-hydroxylation sites is 1. The predicted octanol–water partition coefficient (Wildman–Crippen LogP) is 3.30. The van der Waals surface area contributed by atoms with Gasteiger partial charge < -0.3 is 9.26 Å². The average Bonchev–Trinajstić information content (AvgIpc) is 2.82. The van der Waals surface area contributed by atoms with E-state index < -0.39 is 0 Å². The van der Waals surface area contributed by atoms with Crippen LogP contribution in [0.5, 0.6) is 5.75 Å². The summed E-state index contributed by atoms with van der Waals surface area (Å²) in [5.41, 5.74) is 2.40. The number of nitriles is 2. The Balaban J connectivity index is 2.24. The topological polar surface area (TPSA) is 82.8 Å². The van der Waals surface area contributed by atoms with Crippen LogP contribution in [0.2, 0.25) is 0 Å². The second-order valence-electron chi connectivity index (χ2n) is 4.41. The maximum atomic E-state index is 8.83. The summed E-state index contributed by atoms with van der Waals surface area (Å²) in [6.45, 7) is 4.00. The van der Waals surface area contributed by atoms with Gasteiger partial charge in [-0.15, -0.1) is 0 Å². The van der Waals surface area contributed by atoms with Crippen LogP contribution < -0.4 is 4.74 Å². The van der Waals surface area contributed by atoms with Gasteiger partial charge in [-0.05, 0) is 26.0 Å². The Labute approximate surface area is 122 Å². The van der Waals surface area contributed by atoms with Crippen LogP contribution in [0.15, 0.2) is 34.4 Å². The Morgan fingerprint density at radius 3 is 2.62 bits per heavy atom. The van der Waals surface area contributed by atoms with Gasteiger partial charge in [0.1, 0.15) is 35.8 Å². The molecule has 0 radical (unpaired) electrons. The van der Waals surface area contributed by atoms with E-state index in [1.807, 2.05) is 38.1 Å². The highest BCUT2D eigenvalue weighted by atomic mass is 16.5. The number of allylic oxidation sites excluding steroid dienone is 1. The highest BCUT2D eigenvalue weighted by Crippen LogP contribution is 2.23. The van der Waals surface area contributed by atoms with Crippen molar-refractivity contribution in [2.24, 2.45) is 0 Å². The van der Waals surface area contributed by atoms with Crippen LogP contribution in [0, 0.1) is 36.5 Å². The van der Waals surface area contributed by atoms with E-state index in [1.54, 1.807) is 12.1 Å². The summed E-state index contributed by atoms with van der Waals surface area (Å²) in [5.74, 6) is 1.32. The molecule has 1 aromatic carbocycles. The van der Waals surface area contributed by atoms with Gasteiger partial charge in [0, 0.05) is 5.56 Å². The van der Waals surface area contributed by atoms with Gasteiger partial charge in [0.25, 0.3) is 0 Å². The van der Waals surface area contributed by atoms with Crippen LogP contribution in [0.25, 0.3) is 6.08 Å². The molecule has 21 heavy (non-hydrogen) atoms. The first-order valence-corrected chi connectivity index (χ1v) is 6.31. The predicted molar refractivity (Wildman–Crippen MR) is 76.0 cm³/mol. The van der Waals surface area contributed by atoms with Crippen molar-refractivity contribution in [1.82, 2.24) is 5.16 Å². The number of nitrogens with zero attached hydrogens (tertiary/aromatic N) is 3. The lowest BCUT2D eigenvalue weighted by molar-refractivity contribution is 0.301. The summed E-state index contributed by atoms with van der Waals surface area (Å²) >= 11 is 0. The van der Waals surface area contributed by atoms with Gasteiger partial charge in [0.05, 0.1) is 11.3 Å². The number of benzene rings is 1. The minimum Gasteiger partial charge on any atom is -0.488 e. The third kappa shape index (κ3) is 3.29. The zero-order chi connectivity index (χ0) is 15.2. The van der Waals surface area contributed by atoms with Crippen molar-refractivity contribution in [2.45, 2.75) is 20.5 Å². The molecule has 1 aromatic heterocycles. The molecule has 0 bridgehead atoms. The van der Waals surface area contributed by atoms with E-state index in [0.717, 1.165) is 17.0 Å². The molecule has 0 N–H and O–H groups in total. The summed E-state index contributed by atoms with van der Waals surface area (Å²) in [6.07, 6.45) is 1.50. The molecule has 0 atom stereocenters. The molecule has 0 spiro atoms. The molecule has 2 aromatic rings. The monoisotopic (exact) mass is 279 g/mol. The highest BCUT2D eigenvalue weighted by Gasteiger charge is 2.10. The Hall–Kier alpha value is -3.05. The lowest BCUT2D eigenvalue weighted by atomic mass is 10.1. The molecule has 104 valence electrons. The SMILES string of the molecule is Cc1noc(C)c1COc1ccccc1C=C(C#N)C#N. The van der Waals surface area contributed by atoms with Crippen molar-refractivity contribution in [3.63, 3.8) is 0 Å². The molecule has 2 rings (SSSR count). The number of ether oxygens (including phenoxy) is 1. The van der Waals surface area contributed by atoms with Crippen LogP contribution >= 0.6 is 0 Å². The Morgan fingerprint density at radius 2 is 2.00 bits per heavy atom. The van der Waals surface area contributed by atoms with Crippen molar-refractivity contribution in [2.75, 3.05) is 0 Å². The molecular weight excluding hydrogens is 266 g/mol. The fourth-order valence-electron chi connectivity index (χ4n) is 1.83. The summed E-state index contributed by atoms with van der Waals surface area (Å²) in [7, 11) is 0. The molecule has 0 aliphatic rings. The van der Waals surface area contributed by atoms with E-state index in [2.05, 4.69) is 5.16 Å². The number of hydrogen-bond donors (Lipinski definition) is 0. The zero-order valence-electron chi connectivity index (χ0n) is 11.8. The van der Waals surface area contributed by atoms with Gasteiger partial charge >= 0.3 is 0 Å². The average molecular weight is 279 g/mol. The quantitative estimate of drug-likeness (QED) is 0.802. The lowest BCUT2D eigenvalue weighted by Crippen LogP contribution is -1.99. The number of rotatable bonds is 4. The molecule has 0 saturated heterocycles. The third-order valence-electron chi connectivity index (χ3n) is 3.01. The van der Waals surface area contributed by atoms with E-state index in [-0.39, 0.29) is 5.57 Å². The minimum atomic E-state index is 0.0309. The van der Waals surface area contributed by atoms with Crippen molar-refractivity contribution in [3.05, 3.63) is 52.4 Å². The van der Waals surface area contributed by atoms with E-state index in [9.17, 15) is 0 Å². The summed E-state index contributed by atoms with van der Waals surface area (Å²) in [6, 6.07) is 10.9. The van der Waals surface area contributed by atoms with Gasteiger partial charge in [0.15, 0.2) is 0 Å². The number of aromatic nitrogens is 1. The number of hydrogen-bond acceptors (Lipinski definition) is 5. The molecule has 0 aliphatic heterocycles. The largest absolute Gasteiger partial charge is 0.488 e. The number of aryl methyl sites for hydroxylation is 2. The van der Waals surface area contributed by atoms with Crippen LogP contribution in [0.4, 0.5) is 0 Å². The van der Waals surface area contributed by atoms with Crippen molar-refractivity contribution < 1.29 is 9.26 Å². The molecule has 5 nitrogen and oxygen atoms in total. The second-order valence-corrected chi connectivity index (χ2v) is 4.41. The minimum absolute atomic E-state index is 0.0309. The Bertz CT molecular complexity index is 725. The molecular formula is C16H13N3O2. The van der Waals surface area contributed by atoms with Gasteiger partial charge in [-0.1, -0.05) is 23.4 Å². The van der Waals surface area contributed by atoms with Crippen LogP contribution in [0.1, 0.15) is 22.6 Å². The van der Waals surface area contributed by atoms with E-state index >= 15 is 0 Å². The molecule has 0 fully saturated rings. The van der Waals surface area contributed by atoms with Crippen molar-refractivity contribution in [3.8, 4) is 17.9 Å². The van der Waals surface area contributed by atoms with Crippen LogP contribution in [-0.2, 0) is 6.61 Å². The maximum absolute atomic E-state index is 8.83. The standard InChI is InChI=1S/C16H13N3O2/c1-11-15(12(2)21-19-11)10-20-16-6-4-3-5-14(16)7-13(8-17)9-18/h3-7H,10H2,1-2H3. The molecule has 1 heterocycles. The van der Waals surface area contributed by atoms with Crippen molar-refractivity contribution in [1.29, 1.82) is 10.5 Å². The van der Waals surface area contributed by atoms with E-state index in [0.29, 0.717) is 17.9 Å². The van der Waals surface area contributed by atoms with Crippen LogP contribution in [0.3, 0.4) is 0 Å². The Morgan fingerprint density at radius 1 is 1.29 bits per heavy atom. The smallest absolute Gasteiger partial charge is 0.140 e. The maximum Gasteiger partial charge on any atom is 0.140 e. The van der Waals surface area contributed by atoms with Gasteiger partial charge in [-0.25, -0.2) is 0 Å². The zero-order valence-corrected chi connectivity index (χ0v) is 11.8. The molecule has 0 saturated carbocycles. The fraction of sp³-hybridized carbons (Fsp3) is 0.188. The molecule has 0 unspecified atom stereocenters. The highest BCUT2D eigenvalue weighted by molar-refractivity contribution is 5.66. The first kappa shape index (κ1) is 14.4. The van der Waals surface area contributed by atoms with E-state index in [4.69, 9.17) is 19.8 Å². The summed E-state index contributed by atoms with van der Waals surface area (Å²) in [4.78, 5) is 0. The second kappa shape index (κ2) is 6.40. The normalized spacial score (nSPS) is 9.52. The first-order chi connectivity index (χ1) is 10.2. The molecule has 5 heteroatoms. The third-order valence-corrected chi connectivity index (χ3v) is 3.01. The Kier molecular flexibility index (Phi) is 4.38. The summed E-state index contributed by atoms with van der Waals surface area (Å²) < 4.78 is 10.9. The lowest BCUT2D eigenvalue weighted by Gasteiger charge is -2.08. The molecule has 0 aliphatic carbocycles. The van der Waals surface area contributed by atoms with Gasteiger partial charge in [-0.2, -0.15) is 10.5 Å². The van der Waals surface area contributed by atoms with Crippen molar-refractivity contribution >= 4 is 6.08 Å². The van der Waals surface area contributed by atoms with Gasteiger partial charge in [0.2, 0.25) is 0 Å². The van der Waals surface area contributed by atoms with Gasteiger partial charge in [-0.3, -0.25) is 0 Å². The summed E-state index contributed by atoms with van der Waals surface area (Å²) in [5, 5.41) is 21.5. The molecule has 0 amide bonds. The fourth-order valence-corrected chi connectivity index (χ4v) is 1.83. The van der Waals surface area contributed by atoms with Crippen LogP contribution in [-0.4, -0.2) is 5.16 Å². The van der Waals surface area contributed by atoms with E-state index in [1.165, 1.54) is 6.08 Å².